The highest BCUT2D eigenvalue weighted by atomic mass is 16.2. The predicted octanol–water partition coefficient (Wildman–Crippen LogP) is 4.04. The standard InChI is InChI=1S/C22H25N3O/c1-3-19-11-8-12-20(4-2)22(19)23-21(26)16-25-14-13-24(17-25)15-18-9-6-5-7-10-18/h5-14H,3-4,15-16H2,1-2H3,(H,23,26). The second-order valence-electron chi connectivity index (χ2n) is 6.35. The van der Waals surface area contributed by atoms with Crippen molar-refractivity contribution in [3.05, 3.63) is 84.3 Å². The molecule has 0 saturated heterocycles. The number of amides is 1. The number of nitrogens with one attached hydrogen (secondary N) is 1. The fourth-order valence-corrected chi connectivity index (χ4v) is 3.09. The summed E-state index contributed by atoms with van der Waals surface area (Å²) >= 11 is 0. The summed E-state index contributed by atoms with van der Waals surface area (Å²) in [4.78, 5) is 16.3. The van der Waals surface area contributed by atoms with Crippen LogP contribution in [-0.4, -0.2) is 22.3 Å². The maximum absolute atomic E-state index is 12.5. The number of hydrogen-bond donors (Lipinski definition) is 1. The summed E-state index contributed by atoms with van der Waals surface area (Å²) < 4.78 is 0. The van der Waals surface area contributed by atoms with Crippen LogP contribution in [-0.2, 0) is 24.2 Å². The van der Waals surface area contributed by atoms with E-state index in [1.807, 2.05) is 35.5 Å². The molecule has 1 amide bonds. The zero-order valence-corrected chi connectivity index (χ0v) is 15.4. The molecule has 1 N–H and O–H groups in total. The zero-order chi connectivity index (χ0) is 18.4. The summed E-state index contributed by atoms with van der Waals surface area (Å²) in [5.41, 5.74) is 4.52. The van der Waals surface area contributed by atoms with E-state index < -0.39 is 0 Å². The molecular formula is C22H25N3O. The molecular weight excluding hydrogens is 322 g/mol. The van der Waals surface area contributed by atoms with Crippen LogP contribution < -0.4 is 5.32 Å². The van der Waals surface area contributed by atoms with E-state index in [0.717, 1.165) is 25.1 Å². The molecule has 4 heteroatoms. The number of benzene rings is 2. The van der Waals surface area contributed by atoms with Gasteiger partial charge in [-0.25, -0.2) is 0 Å². The first-order valence-corrected chi connectivity index (χ1v) is 9.12. The van der Waals surface area contributed by atoms with E-state index in [0.29, 0.717) is 0 Å². The molecule has 0 atom stereocenters. The minimum atomic E-state index is -0.0284. The van der Waals surface area contributed by atoms with Crippen LogP contribution in [0.25, 0.3) is 0 Å². The van der Waals surface area contributed by atoms with Crippen LogP contribution in [0.5, 0.6) is 0 Å². The van der Waals surface area contributed by atoms with E-state index >= 15 is 0 Å². The first kappa shape index (κ1) is 18.1. The molecule has 2 aromatic rings. The maximum Gasteiger partial charge on any atom is 0.243 e. The third-order valence-electron chi connectivity index (χ3n) is 4.46. The Balaban J connectivity index is 1.56. The molecule has 3 rings (SSSR count). The molecule has 26 heavy (non-hydrogen) atoms. The Kier molecular flexibility index (Phi) is 5.95. The van der Waals surface area contributed by atoms with E-state index in [4.69, 9.17) is 0 Å². The Morgan fingerprint density at radius 3 is 2.23 bits per heavy atom. The van der Waals surface area contributed by atoms with Crippen molar-refractivity contribution in [1.82, 2.24) is 9.80 Å². The van der Waals surface area contributed by atoms with E-state index in [1.54, 1.807) is 4.90 Å². The van der Waals surface area contributed by atoms with E-state index in [1.165, 1.54) is 16.7 Å². The third-order valence-corrected chi connectivity index (χ3v) is 4.46. The van der Waals surface area contributed by atoms with Gasteiger partial charge in [-0.2, -0.15) is 0 Å². The van der Waals surface area contributed by atoms with Crippen LogP contribution in [0, 0.1) is 6.67 Å². The minimum Gasteiger partial charge on any atom is -0.342 e. The number of anilines is 1. The van der Waals surface area contributed by atoms with Gasteiger partial charge in [-0.3, -0.25) is 4.79 Å². The van der Waals surface area contributed by atoms with Crippen LogP contribution >= 0.6 is 0 Å². The normalized spacial score (nSPS) is 13.3. The second-order valence-corrected chi connectivity index (χ2v) is 6.35. The van der Waals surface area contributed by atoms with Crippen molar-refractivity contribution in [3.8, 4) is 0 Å². The van der Waals surface area contributed by atoms with Crippen molar-refractivity contribution in [2.45, 2.75) is 33.2 Å². The summed E-state index contributed by atoms with van der Waals surface area (Å²) in [6, 6.07) is 16.4. The van der Waals surface area contributed by atoms with Gasteiger partial charge in [0, 0.05) is 24.6 Å². The minimum absolute atomic E-state index is 0.0284. The Morgan fingerprint density at radius 2 is 1.58 bits per heavy atom. The highest BCUT2D eigenvalue weighted by molar-refractivity contribution is 5.94. The molecule has 2 radical (unpaired) electrons. The largest absolute Gasteiger partial charge is 0.342 e. The van der Waals surface area contributed by atoms with Gasteiger partial charge in [0.1, 0.15) is 0 Å². The van der Waals surface area contributed by atoms with Gasteiger partial charge in [0.15, 0.2) is 0 Å². The molecule has 0 bridgehead atoms. The summed E-state index contributed by atoms with van der Waals surface area (Å²) in [5.74, 6) is -0.0284. The number of hydrogen-bond acceptors (Lipinski definition) is 3. The van der Waals surface area contributed by atoms with Crippen molar-refractivity contribution in [3.63, 3.8) is 0 Å². The molecule has 0 fully saturated rings. The van der Waals surface area contributed by atoms with Gasteiger partial charge in [-0.1, -0.05) is 62.4 Å². The Morgan fingerprint density at radius 1 is 0.923 bits per heavy atom. The van der Waals surface area contributed by atoms with Gasteiger partial charge in [-0.05, 0) is 29.5 Å². The van der Waals surface area contributed by atoms with Gasteiger partial charge >= 0.3 is 0 Å². The monoisotopic (exact) mass is 347 g/mol. The zero-order valence-electron chi connectivity index (χ0n) is 15.4. The molecule has 0 spiro atoms. The number of nitrogens with zero attached hydrogens (tertiary/aromatic N) is 2. The first-order chi connectivity index (χ1) is 12.7. The van der Waals surface area contributed by atoms with Gasteiger partial charge in [-0.15, -0.1) is 0 Å². The molecule has 1 aliphatic heterocycles. The molecule has 134 valence electrons. The van der Waals surface area contributed by atoms with Gasteiger partial charge in [0.25, 0.3) is 0 Å². The Hall–Kier alpha value is -2.75. The average Bonchev–Trinajstić information content (AvgIpc) is 3.09. The van der Waals surface area contributed by atoms with Crippen molar-refractivity contribution < 1.29 is 4.79 Å². The number of aryl methyl sites for hydroxylation is 2. The molecule has 4 nitrogen and oxygen atoms in total. The lowest BCUT2D eigenvalue weighted by molar-refractivity contribution is -0.116. The highest BCUT2D eigenvalue weighted by Gasteiger charge is 2.18. The lowest BCUT2D eigenvalue weighted by Crippen LogP contribution is -2.29. The van der Waals surface area contributed by atoms with Crippen molar-refractivity contribution in [1.29, 1.82) is 0 Å². The highest BCUT2D eigenvalue weighted by Crippen LogP contribution is 2.23. The fraction of sp³-hybridized carbons (Fsp3) is 0.273. The Bertz CT molecular complexity index is 748. The first-order valence-electron chi connectivity index (χ1n) is 9.12. The van der Waals surface area contributed by atoms with Crippen LogP contribution in [0.2, 0.25) is 0 Å². The quantitative estimate of drug-likeness (QED) is 0.821. The second kappa shape index (κ2) is 8.56. The van der Waals surface area contributed by atoms with Crippen LogP contribution in [0.4, 0.5) is 5.69 Å². The lowest BCUT2D eigenvalue weighted by Gasteiger charge is -2.20. The molecule has 0 aromatic heterocycles. The number of rotatable bonds is 7. The number of para-hydroxylation sites is 1. The van der Waals surface area contributed by atoms with Gasteiger partial charge < -0.3 is 15.1 Å². The number of carbonyl (C=O) groups excluding carboxylic acids is 1. The molecule has 0 saturated carbocycles. The topological polar surface area (TPSA) is 35.6 Å². The fourth-order valence-electron chi connectivity index (χ4n) is 3.09. The van der Waals surface area contributed by atoms with Crippen LogP contribution in [0.3, 0.4) is 0 Å². The Labute approximate surface area is 156 Å². The summed E-state index contributed by atoms with van der Waals surface area (Å²) in [5, 5.41) is 3.10. The van der Waals surface area contributed by atoms with E-state index in [9.17, 15) is 4.79 Å². The van der Waals surface area contributed by atoms with E-state index in [-0.39, 0.29) is 12.5 Å². The molecule has 1 heterocycles. The molecule has 1 aliphatic rings. The van der Waals surface area contributed by atoms with Crippen molar-refractivity contribution >= 4 is 11.6 Å². The SMILES string of the molecule is CCc1cccc(CC)c1NC(=O)CN1[C]N(Cc2ccccc2)C=C1. The molecule has 2 aromatic carbocycles. The van der Waals surface area contributed by atoms with Crippen molar-refractivity contribution in [2.75, 3.05) is 11.9 Å². The molecule has 0 aliphatic carbocycles. The van der Waals surface area contributed by atoms with Crippen molar-refractivity contribution in [2.24, 2.45) is 0 Å². The lowest BCUT2D eigenvalue weighted by atomic mass is 10.0. The predicted molar refractivity (Wildman–Crippen MR) is 105 cm³/mol. The van der Waals surface area contributed by atoms with E-state index in [2.05, 4.69) is 56.2 Å². The number of carbonyl (C=O) groups is 1. The smallest absolute Gasteiger partial charge is 0.243 e. The van der Waals surface area contributed by atoms with Gasteiger partial charge in [0.2, 0.25) is 12.6 Å². The summed E-state index contributed by atoms with van der Waals surface area (Å²) in [7, 11) is 0. The van der Waals surface area contributed by atoms with Gasteiger partial charge in [0.05, 0.1) is 6.54 Å². The van der Waals surface area contributed by atoms with Crippen LogP contribution in [0.1, 0.15) is 30.5 Å². The summed E-state index contributed by atoms with van der Waals surface area (Å²) in [6.07, 6.45) is 5.62. The summed E-state index contributed by atoms with van der Waals surface area (Å²) in [6.45, 7) is 8.42. The average molecular weight is 347 g/mol. The molecule has 0 unspecified atom stereocenters. The maximum atomic E-state index is 12.5. The van der Waals surface area contributed by atoms with Crippen LogP contribution in [0.15, 0.2) is 60.9 Å². The third kappa shape index (κ3) is 4.45.